The fourth-order valence-corrected chi connectivity index (χ4v) is 3.76. The Morgan fingerprint density at radius 2 is 1.52 bits per heavy atom. The average molecular weight is 314 g/mol. The lowest BCUT2D eigenvalue weighted by molar-refractivity contribution is -0.144. The van der Waals surface area contributed by atoms with Crippen molar-refractivity contribution in [3.8, 4) is 0 Å². The average Bonchev–Trinajstić information content (AvgIpc) is 3.05. The number of carbonyl (C=O) groups excluding carboxylic acids is 3. The van der Waals surface area contributed by atoms with Gasteiger partial charge in [0, 0.05) is 6.04 Å². The minimum absolute atomic E-state index is 0.107. The molecule has 1 heterocycles. The number of nitrogens with zero attached hydrogens (tertiary/aromatic N) is 2. The third kappa shape index (κ3) is 2.64. The number of rotatable bonds is 3. The van der Waals surface area contributed by atoms with E-state index in [2.05, 4.69) is 0 Å². The van der Waals surface area contributed by atoms with Crippen molar-refractivity contribution < 1.29 is 14.4 Å². The summed E-state index contributed by atoms with van der Waals surface area (Å²) in [7, 11) is 0. The van der Waals surface area contributed by atoms with Crippen molar-refractivity contribution in [2.75, 3.05) is 0 Å². The first-order chi connectivity index (χ1) is 10.9. The highest BCUT2D eigenvalue weighted by Crippen LogP contribution is 2.29. The Morgan fingerprint density at radius 3 is 2.09 bits per heavy atom. The van der Waals surface area contributed by atoms with Gasteiger partial charge in [-0.1, -0.05) is 30.5 Å². The molecule has 1 saturated heterocycles. The van der Waals surface area contributed by atoms with E-state index >= 15 is 0 Å². The number of benzene rings is 1. The SMILES string of the molecule is Cc1cc(C)c(CN2C(=O)C(=O)N(C3CCCC3)C2=O)c(C)c1. The number of urea groups is 1. The molecule has 1 saturated carbocycles. The third-order valence-electron chi connectivity index (χ3n) is 4.93. The van der Waals surface area contributed by atoms with Gasteiger partial charge in [-0.25, -0.2) is 4.79 Å². The largest absolute Gasteiger partial charge is 0.334 e. The van der Waals surface area contributed by atoms with Gasteiger partial charge < -0.3 is 0 Å². The summed E-state index contributed by atoms with van der Waals surface area (Å²) < 4.78 is 0. The standard InChI is InChI=1S/C18H22N2O3/c1-11-8-12(2)15(13(3)9-11)10-19-16(21)17(22)20(18(19)23)14-6-4-5-7-14/h8-9,14H,4-7,10H2,1-3H3. The van der Waals surface area contributed by atoms with Crippen LogP contribution >= 0.6 is 0 Å². The fraction of sp³-hybridized carbons (Fsp3) is 0.500. The molecule has 122 valence electrons. The molecule has 5 heteroatoms. The van der Waals surface area contributed by atoms with Crippen molar-refractivity contribution in [2.24, 2.45) is 0 Å². The molecule has 2 fully saturated rings. The van der Waals surface area contributed by atoms with Crippen LogP contribution in [-0.4, -0.2) is 33.7 Å². The van der Waals surface area contributed by atoms with Crippen molar-refractivity contribution in [1.82, 2.24) is 9.80 Å². The highest BCUT2D eigenvalue weighted by atomic mass is 16.2. The first-order valence-corrected chi connectivity index (χ1v) is 8.16. The van der Waals surface area contributed by atoms with E-state index in [1.807, 2.05) is 32.9 Å². The molecule has 4 amide bonds. The maximum Gasteiger partial charge on any atom is 0.334 e. The molecule has 1 aliphatic carbocycles. The summed E-state index contributed by atoms with van der Waals surface area (Å²) in [5.41, 5.74) is 4.16. The first-order valence-electron chi connectivity index (χ1n) is 8.16. The minimum atomic E-state index is -0.693. The van der Waals surface area contributed by atoms with Crippen LogP contribution in [0.4, 0.5) is 4.79 Å². The molecule has 3 rings (SSSR count). The molecule has 0 N–H and O–H groups in total. The Kier molecular flexibility index (Phi) is 3.96. The molecule has 23 heavy (non-hydrogen) atoms. The van der Waals surface area contributed by atoms with Gasteiger partial charge in [0.15, 0.2) is 0 Å². The number of aryl methyl sites for hydroxylation is 3. The molecular weight excluding hydrogens is 292 g/mol. The Labute approximate surface area is 136 Å². The number of hydrogen-bond acceptors (Lipinski definition) is 3. The highest BCUT2D eigenvalue weighted by Gasteiger charge is 2.48. The van der Waals surface area contributed by atoms with Crippen molar-refractivity contribution in [1.29, 1.82) is 0 Å². The van der Waals surface area contributed by atoms with Crippen molar-refractivity contribution in [3.05, 3.63) is 34.4 Å². The van der Waals surface area contributed by atoms with Gasteiger partial charge in [-0.3, -0.25) is 19.4 Å². The van der Waals surface area contributed by atoms with Gasteiger partial charge in [0.2, 0.25) is 0 Å². The van der Waals surface area contributed by atoms with E-state index in [1.165, 1.54) is 4.90 Å². The van der Waals surface area contributed by atoms with E-state index in [0.717, 1.165) is 52.8 Å². The number of hydrogen-bond donors (Lipinski definition) is 0. The van der Waals surface area contributed by atoms with Crippen LogP contribution < -0.4 is 0 Å². The maximum absolute atomic E-state index is 12.6. The zero-order valence-corrected chi connectivity index (χ0v) is 13.9. The summed E-state index contributed by atoms with van der Waals surface area (Å²) in [6, 6.07) is 3.50. The van der Waals surface area contributed by atoms with Crippen LogP contribution in [0, 0.1) is 20.8 Å². The minimum Gasteiger partial charge on any atom is -0.263 e. The Morgan fingerprint density at radius 1 is 0.957 bits per heavy atom. The lowest BCUT2D eigenvalue weighted by Crippen LogP contribution is -2.39. The van der Waals surface area contributed by atoms with Crippen molar-refractivity contribution >= 4 is 17.8 Å². The summed E-state index contributed by atoms with van der Waals surface area (Å²) in [6.07, 6.45) is 3.63. The van der Waals surface area contributed by atoms with Crippen molar-refractivity contribution in [3.63, 3.8) is 0 Å². The van der Waals surface area contributed by atoms with Gasteiger partial charge in [0.25, 0.3) is 0 Å². The van der Waals surface area contributed by atoms with Gasteiger partial charge >= 0.3 is 17.8 Å². The van der Waals surface area contributed by atoms with Crippen LogP contribution in [0.2, 0.25) is 0 Å². The zero-order valence-electron chi connectivity index (χ0n) is 13.9. The van der Waals surface area contributed by atoms with E-state index in [4.69, 9.17) is 0 Å². The number of amides is 4. The number of carbonyl (C=O) groups is 3. The molecule has 1 aromatic rings. The third-order valence-corrected chi connectivity index (χ3v) is 4.93. The Hall–Kier alpha value is -2.17. The van der Waals surface area contributed by atoms with E-state index in [1.54, 1.807) is 0 Å². The van der Waals surface area contributed by atoms with E-state index in [0.29, 0.717) is 0 Å². The molecule has 1 aliphatic heterocycles. The molecule has 0 atom stereocenters. The van der Waals surface area contributed by atoms with Gasteiger partial charge in [-0.05, 0) is 50.3 Å². The molecule has 0 aromatic heterocycles. The Balaban J connectivity index is 1.87. The van der Waals surface area contributed by atoms with Crippen LogP contribution in [0.15, 0.2) is 12.1 Å². The van der Waals surface area contributed by atoms with Crippen LogP contribution in [0.1, 0.15) is 47.9 Å². The van der Waals surface area contributed by atoms with Crippen LogP contribution in [0.5, 0.6) is 0 Å². The molecule has 0 radical (unpaired) electrons. The summed E-state index contributed by atoms with van der Waals surface area (Å²) in [5.74, 6) is -1.36. The van der Waals surface area contributed by atoms with Gasteiger partial charge in [0.05, 0.1) is 6.54 Å². The molecule has 5 nitrogen and oxygen atoms in total. The van der Waals surface area contributed by atoms with Crippen LogP contribution in [-0.2, 0) is 16.1 Å². The normalized spacial score (nSPS) is 19.3. The predicted octanol–water partition coefficient (Wildman–Crippen LogP) is 2.85. The smallest absolute Gasteiger partial charge is 0.263 e. The lowest BCUT2D eigenvalue weighted by atomic mass is 9.99. The molecule has 0 spiro atoms. The van der Waals surface area contributed by atoms with E-state index < -0.39 is 17.8 Å². The zero-order chi connectivity index (χ0) is 16.7. The summed E-state index contributed by atoms with van der Waals surface area (Å²) in [6.45, 7) is 6.12. The Bertz CT molecular complexity index is 667. The van der Waals surface area contributed by atoms with Gasteiger partial charge in [0.1, 0.15) is 0 Å². The topological polar surface area (TPSA) is 57.7 Å². The first kappa shape index (κ1) is 15.7. The highest BCUT2D eigenvalue weighted by molar-refractivity contribution is 6.44. The van der Waals surface area contributed by atoms with Crippen molar-refractivity contribution in [2.45, 2.75) is 59.0 Å². The second-order valence-corrected chi connectivity index (χ2v) is 6.66. The van der Waals surface area contributed by atoms with E-state index in [9.17, 15) is 14.4 Å². The summed E-state index contributed by atoms with van der Waals surface area (Å²) in [5, 5.41) is 0. The molecule has 1 aromatic carbocycles. The summed E-state index contributed by atoms with van der Waals surface area (Å²) >= 11 is 0. The van der Waals surface area contributed by atoms with Gasteiger partial charge in [-0.15, -0.1) is 0 Å². The maximum atomic E-state index is 12.6. The monoisotopic (exact) mass is 314 g/mol. The van der Waals surface area contributed by atoms with Crippen LogP contribution in [0.25, 0.3) is 0 Å². The fourth-order valence-electron chi connectivity index (χ4n) is 3.76. The predicted molar refractivity (Wildman–Crippen MR) is 85.7 cm³/mol. The van der Waals surface area contributed by atoms with Gasteiger partial charge in [-0.2, -0.15) is 0 Å². The molecule has 2 aliphatic rings. The second kappa shape index (κ2) is 5.80. The molecule has 0 bridgehead atoms. The quantitative estimate of drug-likeness (QED) is 0.637. The number of imide groups is 2. The van der Waals surface area contributed by atoms with E-state index in [-0.39, 0.29) is 12.6 Å². The molecular formula is C18H22N2O3. The second-order valence-electron chi connectivity index (χ2n) is 6.66. The molecule has 0 unspecified atom stereocenters. The summed E-state index contributed by atoms with van der Waals surface area (Å²) in [4.78, 5) is 39.4. The lowest BCUT2D eigenvalue weighted by Gasteiger charge is -2.22. The van der Waals surface area contributed by atoms with Crippen LogP contribution in [0.3, 0.4) is 0 Å².